The van der Waals surface area contributed by atoms with Gasteiger partial charge in [0.2, 0.25) is 0 Å². The highest BCUT2D eigenvalue weighted by atomic mass is 28.3. The van der Waals surface area contributed by atoms with Crippen LogP contribution in [0.1, 0.15) is 11.5 Å². The molecule has 3 aliphatic rings. The summed E-state index contributed by atoms with van der Waals surface area (Å²) in [5.74, 6) is 1.36. The first-order chi connectivity index (χ1) is 21.2. The summed E-state index contributed by atoms with van der Waals surface area (Å²) in [7, 11) is -2.65. The van der Waals surface area contributed by atoms with E-state index in [1.54, 1.807) is 0 Å². The van der Waals surface area contributed by atoms with Gasteiger partial charge in [-0.15, -0.1) is 0 Å². The second kappa shape index (κ2) is 8.87. The van der Waals surface area contributed by atoms with Crippen LogP contribution < -0.4 is 31.9 Å². The molecular weight excluding hydrogens is 541 g/mol. The van der Waals surface area contributed by atoms with Crippen LogP contribution in [0.25, 0.3) is 27.6 Å². The van der Waals surface area contributed by atoms with Gasteiger partial charge in [-0.2, -0.15) is 0 Å². The molecule has 2 aliphatic heterocycles. The summed E-state index contributed by atoms with van der Waals surface area (Å²) in [5, 5.41) is 7.92. The van der Waals surface area contributed by atoms with Gasteiger partial charge < -0.3 is 16.4 Å². The fourth-order valence-electron chi connectivity index (χ4n) is 8.00. The minimum absolute atomic E-state index is 0.0590. The molecule has 43 heavy (non-hydrogen) atoms. The van der Waals surface area contributed by atoms with Crippen LogP contribution in [0.3, 0.4) is 0 Å². The highest BCUT2D eigenvalue weighted by Crippen LogP contribution is 2.53. The highest BCUT2D eigenvalue weighted by Gasteiger charge is 2.48. The van der Waals surface area contributed by atoms with Crippen LogP contribution in [0.15, 0.2) is 157 Å². The number of aromatic nitrogens is 1. The molecule has 0 bridgehead atoms. The van der Waals surface area contributed by atoms with Crippen molar-refractivity contribution in [3.63, 3.8) is 0 Å². The molecule has 9 rings (SSSR count). The molecule has 3 heterocycles. The van der Waals surface area contributed by atoms with Gasteiger partial charge in [0.15, 0.2) is 8.07 Å². The number of rotatable bonds is 4. The van der Waals surface area contributed by atoms with E-state index in [0.29, 0.717) is 11.6 Å². The lowest BCUT2D eigenvalue weighted by atomic mass is 9.91. The lowest BCUT2D eigenvalue weighted by Gasteiger charge is -2.38. The summed E-state index contributed by atoms with van der Waals surface area (Å²) in [5.41, 5.74) is 18.5. The SMILES string of the molecule is NC1=C(N)n2c3ccccc3c3ccc4c(c32)N1C1C=CC([Si](c2ccccc2)(c2ccccc2)c2ccccc2)=CC41. The van der Waals surface area contributed by atoms with Crippen molar-refractivity contribution in [3.8, 4) is 0 Å². The Kier molecular flexibility index (Phi) is 5.02. The fraction of sp³-hybridized carbons (Fsp3) is 0.0526. The largest absolute Gasteiger partial charge is 0.382 e. The van der Waals surface area contributed by atoms with Crippen LogP contribution >= 0.6 is 0 Å². The van der Waals surface area contributed by atoms with E-state index < -0.39 is 8.07 Å². The number of hydrogen-bond donors (Lipinski definition) is 2. The average Bonchev–Trinajstić information content (AvgIpc) is 3.59. The van der Waals surface area contributed by atoms with Gasteiger partial charge in [-0.05, 0) is 32.4 Å². The predicted octanol–water partition coefficient (Wildman–Crippen LogP) is 5.29. The van der Waals surface area contributed by atoms with E-state index in [-0.39, 0.29) is 12.0 Å². The second-order valence-corrected chi connectivity index (χ2v) is 15.5. The number of para-hydroxylation sites is 1. The Morgan fingerprint density at radius 1 is 0.581 bits per heavy atom. The smallest absolute Gasteiger partial charge is 0.179 e. The quantitative estimate of drug-likeness (QED) is 0.224. The molecule has 6 aromatic rings. The zero-order valence-corrected chi connectivity index (χ0v) is 24.6. The molecule has 0 fully saturated rings. The zero-order valence-electron chi connectivity index (χ0n) is 23.6. The van der Waals surface area contributed by atoms with Gasteiger partial charge in [-0.1, -0.05) is 140 Å². The van der Waals surface area contributed by atoms with Gasteiger partial charge in [0.25, 0.3) is 0 Å². The van der Waals surface area contributed by atoms with Gasteiger partial charge in [0.05, 0.1) is 22.8 Å². The average molecular weight is 571 g/mol. The van der Waals surface area contributed by atoms with Crippen molar-refractivity contribution in [2.75, 3.05) is 4.90 Å². The Morgan fingerprint density at radius 3 is 1.79 bits per heavy atom. The van der Waals surface area contributed by atoms with Crippen LogP contribution in [-0.4, -0.2) is 18.7 Å². The molecule has 5 heteroatoms. The van der Waals surface area contributed by atoms with E-state index >= 15 is 0 Å². The molecule has 0 saturated heterocycles. The molecule has 1 aromatic heterocycles. The molecule has 4 nitrogen and oxygen atoms in total. The third-order valence-electron chi connectivity index (χ3n) is 9.76. The number of nitrogens with zero attached hydrogens (tertiary/aromatic N) is 2. The minimum atomic E-state index is -2.65. The van der Waals surface area contributed by atoms with Gasteiger partial charge in [0, 0.05) is 16.7 Å². The lowest BCUT2D eigenvalue weighted by Crippen LogP contribution is -2.68. The van der Waals surface area contributed by atoms with Crippen LogP contribution in [0, 0.1) is 0 Å². The number of allylic oxidation sites excluding steroid dienone is 2. The number of anilines is 1. The molecule has 0 amide bonds. The monoisotopic (exact) mass is 570 g/mol. The lowest BCUT2D eigenvalue weighted by molar-refractivity contribution is 0.713. The number of benzene rings is 5. The summed E-state index contributed by atoms with van der Waals surface area (Å²) in [6, 6.07) is 46.5. The summed E-state index contributed by atoms with van der Waals surface area (Å²) in [6.45, 7) is 0. The van der Waals surface area contributed by atoms with Gasteiger partial charge in [0.1, 0.15) is 11.6 Å². The van der Waals surface area contributed by atoms with Crippen LogP contribution in [-0.2, 0) is 0 Å². The molecule has 1 aliphatic carbocycles. The Hall–Kier alpha value is -5.26. The van der Waals surface area contributed by atoms with Crippen molar-refractivity contribution < 1.29 is 0 Å². The summed E-state index contributed by atoms with van der Waals surface area (Å²) >= 11 is 0. The predicted molar refractivity (Wildman–Crippen MR) is 181 cm³/mol. The van der Waals surface area contributed by atoms with E-state index in [9.17, 15) is 0 Å². The van der Waals surface area contributed by atoms with Crippen LogP contribution in [0.2, 0.25) is 0 Å². The van der Waals surface area contributed by atoms with Gasteiger partial charge in [-0.25, -0.2) is 0 Å². The van der Waals surface area contributed by atoms with Crippen molar-refractivity contribution in [1.82, 2.24) is 4.57 Å². The van der Waals surface area contributed by atoms with E-state index in [0.717, 1.165) is 11.0 Å². The molecule has 5 aromatic carbocycles. The molecule has 4 N–H and O–H groups in total. The Labute approximate surface area is 251 Å². The van der Waals surface area contributed by atoms with Crippen molar-refractivity contribution in [2.24, 2.45) is 11.5 Å². The number of hydrogen-bond acceptors (Lipinski definition) is 3. The Balaban J connectivity index is 1.34. The van der Waals surface area contributed by atoms with Gasteiger partial charge in [-0.3, -0.25) is 4.57 Å². The third kappa shape index (κ3) is 3.09. The molecular formula is C38H30N4Si. The highest BCUT2D eigenvalue weighted by molar-refractivity contribution is 7.16. The van der Waals surface area contributed by atoms with Crippen molar-refractivity contribution in [1.29, 1.82) is 0 Å². The standard InChI is InChI=1S/C38H30N4Si/c39-37-38(40)42-34-23-20-28(24-32(34)31-22-21-30-29-18-10-11-19-33(29)41(37)35(30)36(31)42)43(25-12-4-1-5-13-25,26-14-6-2-7-15-26)27-16-8-3-9-17-27/h1-24,32,34H,39-40H2. The second-order valence-electron chi connectivity index (χ2n) is 11.7. The Bertz CT molecular complexity index is 2060. The van der Waals surface area contributed by atoms with Crippen LogP contribution in [0.4, 0.5) is 5.69 Å². The van der Waals surface area contributed by atoms with Crippen molar-refractivity contribution in [2.45, 2.75) is 12.0 Å². The number of fused-ring (bicyclic) bond motifs is 6. The first-order valence-electron chi connectivity index (χ1n) is 14.9. The van der Waals surface area contributed by atoms with Crippen molar-refractivity contribution in [3.05, 3.63) is 162 Å². The fourth-order valence-corrected chi connectivity index (χ4v) is 12.9. The third-order valence-corrected chi connectivity index (χ3v) is 14.6. The summed E-state index contributed by atoms with van der Waals surface area (Å²) in [6.07, 6.45) is 7.31. The summed E-state index contributed by atoms with van der Waals surface area (Å²) < 4.78 is 2.16. The molecule has 206 valence electrons. The van der Waals surface area contributed by atoms with E-state index in [1.807, 2.05) is 0 Å². The van der Waals surface area contributed by atoms with E-state index in [4.69, 9.17) is 11.5 Å². The van der Waals surface area contributed by atoms with E-state index in [2.05, 4.69) is 155 Å². The Morgan fingerprint density at radius 2 is 1.16 bits per heavy atom. The first kappa shape index (κ1) is 24.3. The molecule has 2 unspecified atom stereocenters. The maximum atomic E-state index is 6.92. The normalized spacial score (nSPS) is 18.8. The molecule has 0 radical (unpaired) electrons. The maximum Gasteiger partial charge on any atom is 0.179 e. The zero-order chi connectivity index (χ0) is 28.7. The van der Waals surface area contributed by atoms with Gasteiger partial charge >= 0.3 is 0 Å². The van der Waals surface area contributed by atoms with Crippen LogP contribution in [0.5, 0.6) is 0 Å². The molecule has 0 saturated carbocycles. The maximum absolute atomic E-state index is 6.92. The topological polar surface area (TPSA) is 60.2 Å². The summed E-state index contributed by atoms with van der Waals surface area (Å²) in [4.78, 5) is 2.29. The first-order valence-corrected chi connectivity index (χ1v) is 16.9. The molecule has 0 spiro atoms. The minimum Gasteiger partial charge on any atom is -0.382 e. The van der Waals surface area contributed by atoms with Crippen molar-refractivity contribution >= 4 is 56.9 Å². The van der Waals surface area contributed by atoms with E-state index in [1.165, 1.54) is 42.8 Å². The number of nitrogens with two attached hydrogens (primary N) is 2. The molecule has 2 atom stereocenters.